The standard InChI is InChI=1S/C23H38BN2O7/c1-15(2)20(32-19(27)16-8-4-3-5-9-16)33-22(30)26-13-10-17-18(26)14-25-23(17,21(28)29)11-6-7-12-24-31/h15-18,20,25,31H,3-14H2,1-2H3,(H,28,29)/t17-,18-,20?,23+/m0/s1. The van der Waals surface area contributed by atoms with Crippen molar-refractivity contribution in [3.63, 3.8) is 0 Å². The van der Waals surface area contributed by atoms with Crippen LogP contribution in [0, 0.1) is 17.8 Å². The Bertz CT molecular complexity index is 700. The Balaban J connectivity index is 1.60. The van der Waals surface area contributed by atoms with E-state index in [0.717, 1.165) is 39.6 Å². The van der Waals surface area contributed by atoms with E-state index in [2.05, 4.69) is 5.32 Å². The number of carboxylic acid groups (broad SMARTS) is 1. The fourth-order valence-corrected chi connectivity index (χ4v) is 5.59. The van der Waals surface area contributed by atoms with Gasteiger partial charge in [-0.3, -0.25) is 14.9 Å². The first kappa shape index (κ1) is 25.8. The van der Waals surface area contributed by atoms with Gasteiger partial charge in [-0.25, -0.2) is 4.79 Å². The number of hydrogen-bond acceptors (Lipinski definition) is 7. The first-order valence-corrected chi connectivity index (χ1v) is 12.4. The smallest absolute Gasteiger partial charge is 0.413 e. The lowest BCUT2D eigenvalue weighted by molar-refractivity contribution is -0.182. The summed E-state index contributed by atoms with van der Waals surface area (Å²) in [5, 5.41) is 22.1. The Hall–Kier alpha value is -1.81. The molecule has 10 heteroatoms. The van der Waals surface area contributed by atoms with Crippen molar-refractivity contribution in [3.05, 3.63) is 0 Å². The van der Waals surface area contributed by atoms with Gasteiger partial charge < -0.3 is 24.5 Å². The quantitative estimate of drug-likeness (QED) is 0.195. The van der Waals surface area contributed by atoms with Crippen LogP contribution < -0.4 is 5.32 Å². The highest BCUT2D eigenvalue weighted by atomic mass is 16.7. The van der Waals surface area contributed by atoms with E-state index < -0.39 is 23.9 Å². The molecule has 1 unspecified atom stereocenters. The molecule has 2 heterocycles. The number of nitrogens with zero attached hydrogens (tertiary/aromatic N) is 1. The third-order valence-corrected chi connectivity index (χ3v) is 7.51. The number of aliphatic carboxylic acids is 1. The van der Waals surface area contributed by atoms with Gasteiger partial charge >= 0.3 is 18.0 Å². The molecular formula is C23H38BN2O7. The highest BCUT2D eigenvalue weighted by Gasteiger charge is 2.58. The van der Waals surface area contributed by atoms with Crippen LogP contribution in [0.15, 0.2) is 0 Å². The number of hydrogen-bond donors (Lipinski definition) is 3. The van der Waals surface area contributed by atoms with E-state index in [-0.39, 0.29) is 29.8 Å². The molecule has 2 aliphatic heterocycles. The molecule has 1 saturated carbocycles. The number of likely N-dealkylation sites (tertiary alicyclic amines) is 1. The molecule has 3 rings (SSSR count). The molecule has 33 heavy (non-hydrogen) atoms. The van der Waals surface area contributed by atoms with Gasteiger partial charge in [-0.1, -0.05) is 52.3 Å². The number of fused-ring (bicyclic) bond motifs is 1. The van der Waals surface area contributed by atoms with Crippen LogP contribution in [-0.4, -0.2) is 71.5 Å². The molecule has 3 fully saturated rings. The van der Waals surface area contributed by atoms with E-state index in [0.29, 0.717) is 45.1 Å². The average molecular weight is 465 g/mol. The summed E-state index contributed by atoms with van der Waals surface area (Å²) in [5.41, 5.74) is -1.08. The van der Waals surface area contributed by atoms with Crippen LogP contribution in [0.2, 0.25) is 6.32 Å². The Kier molecular flexibility index (Phi) is 9.04. The van der Waals surface area contributed by atoms with Crippen molar-refractivity contribution < 1.29 is 34.0 Å². The summed E-state index contributed by atoms with van der Waals surface area (Å²) >= 11 is 0. The minimum Gasteiger partial charge on any atom is -0.480 e. The van der Waals surface area contributed by atoms with E-state index >= 15 is 0 Å². The van der Waals surface area contributed by atoms with E-state index in [9.17, 15) is 19.5 Å². The zero-order valence-electron chi connectivity index (χ0n) is 19.8. The molecule has 185 valence electrons. The van der Waals surface area contributed by atoms with Crippen LogP contribution in [0.5, 0.6) is 0 Å². The van der Waals surface area contributed by atoms with Gasteiger partial charge in [0.1, 0.15) is 5.54 Å². The molecule has 4 atom stereocenters. The Labute approximate surface area is 196 Å². The number of ether oxygens (including phenoxy) is 2. The van der Waals surface area contributed by atoms with Crippen molar-refractivity contribution in [2.75, 3.05) is 13.1 Å². The third-order valence-electron chi connectivity index (χ3n) is 7.51. The number of esters is 1. The van der Waals surface area contributed by atoms with E-state index in [4.69, 9.17) is 14.5 Å². The molecule has 1 radical (unpaired) electrons. The van der Waals surface area contributed by atoms with Crippen LogP contribution >= 0.6 is 0 Å². The lowest BCUT2D eigenvalue weighted by atomic mass is 9.78. The summed E-state index contributed by atoms with van der Waals surface area (Å²) < 4.78 is 11.3. The van der Waals surface area contributed by atoms with Gasteiger partial charge in [0.25, 0.3) is 13.8 Å². The summed E-state index contributed by atoms with van der Waals surface area (Å²) in [6, 6.07) is -0.278. The normalized spacial score (nSPS) is 28.4. The average Bonchev–Trinajstić information content (AvgIpc) is 3.38. The predicted octanol–water partition coefficient (Wildman–Crippen LogP) is 2.55. The second-order valence-corrected chi connectivity index (χ2v) is 10.0. The maximum absolute atomic E-state index is 13.0. The van der Waals surface area contributed by atoms with E-state index in [1.807, 2.05) is 13.8 Å². The van der Waals surface area contributed by atoms with Crippen LogP contribution in [0.4, 0.5) is 4.79 Å². The van der Waals surface area contributed by atoms with Crippen LogP contribution in [0.1, 0.15) is 71.6 Å². The molecule has 3 aliphatic rings. The molecule has 0 spiro atoms. The number of carboxylic acids is 1. The fraction of sp³-hybridized carbons (Fsp3) is 0.870. The number of amides is 1. The van der Waals surface area contributed by atoms with Gasteiger partial charge in [-0.15, -0.1) is 0 Å². The molecular weight excluding hydrogens is 427 g/mol. The lowest BCUT2D eigenvalue weighted by Crippen LogP contribution is -2.52. The first-order valence-electron chi connectivity index (χ1n) is 12.4. The zero-order chi connectivity index (χ0) is 24.0. The number of nitrogens with one attached hydrogen (secondary N) is 1. The molecule has 9 nitrogen and oxygen atoms in total. The maximum Gasteiger partial charge on any atom is 0.413 e. The Morgan fingerprint density at radius 2 is 1.85 bits per heavy atom. The van der Waals surface area contributed by atoms with Crippen molar-refractivity contribution in [2.24, 2.45) is 17.8 Å². The number of rotatable bonds is 10. The summed E-state index contributed by atoms with van der Waals surface area (Å²) in [6.07, 6.45) is 6.17. The molecule has 1 aliphatic carbocycles. The van der Waals surface area contributed by atoms with E-state index in [1.54, 1.807) is 4.90 Å². The second kappa shape index (κ2) is 11.6. The topological polar surface area (TPSA) is 125 Å². The van der Waals surface area contributed by atoms with Crippen molar-refractivity contribution >= 4 is 25.5 Å². The number of unbranched alkanes of at least 4 members (excludes halogenated alkanes) is 1. The monoisotopic (exact) mass is 465 g/mol. The van der Waals surface area contributed by atoms with Gasteiger partial charge in [0.15, 0.2) is 0 Å². The molecule has 0 aromatic rings. The first-order chi connectivity index (χ1) is 15.8. The Morgan fingerprint density at radius 3 is 2.48 bits per heavy atom. The second-order valence-electron chi connectivity index (χ2n) is 10.0. The zero-order valence-corrected chi connectivity index (χ0v) is 19.8. The van der Waals surface area contributed by atoms with Gasteiger partial charge in [-0.2, -0.15) is 0 Å². The number of carbonyl (C=O) groups excluding carboxylic acids is 2. The van der Waals surface area contributed by atoms with Crippen LogP contribution in [0.25, 0.3) is 0 Å². The molecule has 2 saturated heterocycles. The summed E-state index contributed by atoms with van der Waals surface area (Å²) in [6.45, 7) is 4.48. The summed E-state index contributed by atoms with van der Waals surface area (Å²) in [7, 11) is 1.10. The predicted molar refractivity (Wildman–Crippen MR) is 121 cm³/mol. The molecule has 0 aromatic carbocycles. The van der Waals surface area contributed by atoms with Gasteiger partial charge in [0, 0.05) is 24.9 Å². The third kappa shape index (κ3) is 5.82. The highest BCUT2D eigenvalue weighted by molar-refractivity contribution is 6.25. The minimum atomic E-state index is -1.08. The molecule has 0 bridgehead atoms. The van der Waals surface area contributed by atoms with Crippen molar-refractivity contribution in [1.82, 2.24) is 10.2 Å². The fourth-order valence-electron chi connectivity index (χ4n) is 5.59. The van der Waals surface area contributed by atoms with Crippen molar-refractivity contribution in [2.45, 2.75) is 95.8 Å². The molecule has 3 N–H and O–H groups in total. The Morgan fingerprint density at radius 1 is 1.12 bits per heavy atom. The summed E-state index contributed by atoms with van der Waals surface area (Å²) in [4.78, 5) is 39.5. The minimum absolute atomic E-state index is 0.131. The highest BCUT2D eigenvalue weighted by Crippen LogP contribution is 2.41. The van der Waals surface area contributed by atoms with Gasteiger partial charge in [-0.05, 0) is 25.7 Å². The molecule has 1 amide bonds. The number of carbonyl (C=O) groups is 3. The van der Waals surface area contributed by atoms with Crippen LogP contribution in [0.3, 0.4) is 0 Å². The van der Waals surface area contributed by atoms with Crippen molar-refractivity contribution in [3.8, 4) is 0 Å². The summed E-state index contributed by atoms with van der Waals surface area (Å²) in [5.74, 6) is -1.74. The van der Waals surface area contributed by atoms with Crippen molar-refractivity contribution in [1.29, 1.82) is 0 Å². The lowest BCUT2D eigenvalue weighted by Gasteiger charge is -2.31. The van der Waals surface area contributed by atoms with Gasteiger partial charge in [0.05, 0.1) is 12.0 Å². The molecule has 0 aromatic heterocycles. The van der Waals surface area contributed by atoms with Crippen LogP contribution in [-0.2, 0) is 19.1 Å². The van der Waals surface area contributed by atoms with Gasteiger partial charge in [0.2, 0.25) is 0 Å². The van der Waals surface area contributed by atoms with E-state index in [1.165, 1.54) is 0 Å². The maximum atomic E-state index is 13.0. The SMILES string of the molecule is CC(C)C(OC(=O)C1CCCCC1)OC(=O)N1CC[C@H]2[C@@H]1CN[C@@]2(CCCC[B]O)C(=O)O. The largest absolute Gasteiger partial charge is 0.480 e.